The van der Waals surface area contributed by atoms with Crippen LogP contribution in [0.3, 0.4) is 0 Å². The number of hydrogen-bond acceptors (Lipinski definition) is 4. The molecule has 0 aromatic heterocycles. The summed E-state index contributed by atoms with van der Waals surface area (Å²) in [5.41, 5.74) is 0.732. The van der Waals surface area contributed by atoms with Crippen LogP contribution in [0.1, 0.15) is 45.6 Å². The Hall–Kier alpha value is -1.72. The van der Waals surface area contributed by atoms with E-state index in [0.717, 1.165) is 32.5 Å². The molecule has 2 N–H and O–H groups in total. The van der Waals surface area contributed by atoms with E-state index in [0.29, 0.717) is 27.8 Å². The second kappa shape index (κ2) is 8.97. The predicted molar refractivity (Wildman–Crippen MR) is 117 cm³/mol. The van der Waals surface area contributed by atoms with Gasteiger partial charge in [0, 0.05) is 24.7 Å². The van der Waals surface area contributed by atoms with E-state index in [1.54, 1.807) is 0 Å². The van der Waals surface area contributed by atoms with Crippen LogP contribution in [0.4, 0.5) is 4.39 Å². The highest BCUT2D eigenvalue weighted by atomic mass is 35.5. The zero-order valence-corrected chi connectivity index (χ0v) is 18.2. The molecule has 1 aliphatic heterocycles. The third-order valence-corrected chi connectivity index (χ3v) is 6.20. The summed E-state index contributed by atoms with van der Waals surface area (Å²) >= 11 is 6.03. The molecule has 0 bridgehead atoms. The van der Waals surface area contributed by atoms with E-state index in [-0.39, 0.29) is 17.7 Å². The number of nitrogens with zero attached hydrogens (tertiary/aromatic N) is 1. The smallest absolute Gasteiger partial charge is 0.206 e. The van der Waals surface area contributed by atoms with Crippen molar-refractivity contribution >= 4 is 23.2 Å². The molecule has 1 saturated carbocycles. The van der Waals surface area contributed by atoms with Crippen LogP contribution in [0.5, 0.6) is 0 Å². The van der Waals surface area contributed by atoms with Gasteiger partial charge in [0.25, 0.3) is 0 Å². The van der Waals surface area contributed by atoms with Crippen LogP contribution in [-0.4, -0.2) is 42.2 Å². The minimum absolute atomic E-state index is 0.0387. The van der Waals surface area contributed by atoms with Crippen LogP contribution in [0.25, 0.3) is 0 Å². The molecule has 1 aliphatic carbocycles. The van der Waals surface area contributed by atoms with E-state index in [4.69, 9.17) is 27.2 Å². The standard InChI is InChI=1S/C23H31ClFN3O/c1-23(2,3)8-9-28-13-15-10-18(11-16(15)14-28)29-22(27)7-6-21(26)19-12-17(25)4-5-20(19)24/h4-7,12,15-16,18,26-27H,8-11,13-14H2,1-3H3/b7-6-,26-21?,27-22?/t15-,16+,18-. The maximum Gasteiger partial charge on any atom is 0.206 e. The third kappa shape index (κ3) is 6.13. The Morgan fingerprint density at radius 1 is 1.21 bits per heavy atom. The summed E-state index contributed by atoms with van der Waals surface area (Å²) in [7, 11) is 0. The van der Waals surface area contributed by atoms with E-state index < -0.39 is 5.82 Å². The number of benzene rings is 1. The Balaban J connectivity index is 1.45. The van der Waals surface area contributed by atoms with Crippen molar-refractivity contribution < 1.29 is 9.13 Å². The maximum atomic E-state index is 13.4. The van der Waals surface area contributed by atoms with Crippen LogP contribution in [-0.2, 0) is 4.74 Å². The van der Waals surface area contributed by atoms with Crippen molar-refractivity contribution in [2.24, 2.45) is 17.3 Å². The van der Waals surface area contributed by atoms with E-state index in [1.807, 2.05) is 0 Å². The highest BCUT2D eigenvalue weighted by molar-refractivity contribution is 6.34. The van der Waals surface area contributed by atoms with Gasteiger partial charge >= 0.3 is 0 Å². The van der Waals surface area contributed by atoms with Gasteiger partial charge < -0.3 is 15.0 Å². The minimum Gasteiger partial charge on any atom is -0.475 e. The summed E-state index contributed by atoms with van der Waals surface area (Å²) in [5, 5.41) is 16.4. The highest BCUT2D eigenvalue weighted by Crippen LogP contribution is 2.40. The molecule has 3 rings (SSSR count). The molecular formula is C23H31ClFN3O. The van der Waals surface area contributed by atoms with Crippen molar-refractivity contribution in [1.29, 1.82) is 10.8 Å². The molecule has 6 heteroatoms. The number of halogens is 2. The summed E-state index contributed by atoms with van der Waals surface area (Å²) < 4.78 is 19.2. The molecule has 4 nitrogen and oxygen atoms in total. The van der Waals surface area contributed by atoms with Crippen LogP contribution in [0.2, 0.25) is 5.02 Å². The Morgan fingerprint density at radius 3 is 2.48 bits per heavy atom. The predicted octanol–water partition coefficient (Wildman–Crippen LogP) is 5.54. The fraction of sp³-hybridized carbons (Fsp3) is 0.565. The summed E-state index contributed by atoms with van der Waals surface area (Å²) in [4.78, 5) is 2.58. The Morgan fingerprint density at radius 2 is 1.86 bits per heavy atom. The van der Waals surface area contributed by atoms with Gasteiger partial charge in [-0.2, -0.15) is 0 Å². The lowest BCUT2D eigenvalue weighted by molar-refractivity contribution is 0.170. The number of fused-ring (bicyclic) bond motifs is 1. The molecule has 29 heavy (non-hydrogen) atoms. The number of hydrogen-bond donors (Lipinski definition) is 2. The lowest BCUT2D eigenvalue weighted by atomic mass is 9.92. The average Bonchev–Trinajstić information content (AvgIpc) is 3.17. The molecule has 158 valence electrons. The van der Waals surface area contributed by atoms with Gasteiger partial charge in [-0.25, -0.2) is 4.39 Å². The van der Waals surface area contributed by atoms with Crippen molar-refractivity contribution in [2.45, 2.75) is 46.1 Å². The Kier molecular flexibility index (Phi) is 6.79. The molecule has 1 saturated heterocycles. The highest BCUT2D eigenvalue weighted by Gasteiger charge is 2.41. The first-order valence-corrected chi connectivity index (χ1v) is 10.7. The number of allylic oxidation sites excluding steroid dienone is 1. The van der Waals surface area contributed by atoms with Crippen molar-refractivity contribution in [1.82, 2.24) is 4.90 Å². The topological polar surface area (TPSA) is 60.2 Å². The SMILES string of the molecule is CC(C)(C)CCN1C[C@H]2C[C@@H](OC(=N)/C=C\C(=N)c3cc(F)ccc3Cl)C[C@H]2C1. The summed E-state index contributed by atoms with van der Waals surface area (Å²) in [6.07, 6.45) is 6.14. The molecule has 3 atom stereocenters. The minimum atomic E-state index is -0.442. The summed E-state index contributed by atoms with van der Waals surface area (Å²) in [6, 6.07) is 3.91. The lowest BCUT2D eigenvalue weighted by Gasteiger charge is -2.24. The van der Waals surface area contributed by atoms with Gasteiger partial charge in [0.15, 0.2) is 0 Å². The largest absolute Gasteiger partial charge is 0.475 e. The molecule has 0 spiro atoms. The zero-order valence-electron chi connectivity index (χ0n) is 17.5. The molecule has 2 fully saturated rings. The molecular weight excluding hydrogens is 389 g/mol. The van der Waals surface area contributed by atoms with Gasteiger partial charge in [0.2, 0.25) is 5.90 Å². The maximum absolute atomic E-state index is 13.4. The van der Waals surface area contributed by atoms with E-state index in [9.17, 15) is 4.39 Å². The first-order valence-electron chi connectivity index (χ1n) is 10.3. The monoisotopic (exact) mass is 419 g/mol. The fourth-order valence-electron chi connectivity index (χ4n) is 4.29. The lowest BCUT2D eigenvalue weighted by Crippen LogP contribution is -2.27. The number of likely N-dealkylation sites (tertiary alicyclic amines) is 1. The molecule has 1 heterocycles. The van der Waals surface area contributed by atoms with Gasteiger partial charge in [-0.15, -0.1) is 0 Å². The van der Waals surface area contributed by atoms with Crippen molar-refractivity contribution in [3.63, 3.8) is 0 Å². The van der Waals surface area contributed by atoms with Crippen LogP contribution >= 0.6 is 11.6 Å². The number of ether oxygens (including phenoxy) is 1. The molecule has 2 aliphatic rings. The first-order chi connectivity index (χ1) is 13.6. The second-order valence-electron chi connectivity index (χ2n) is 9.54. The fourth-order valence-corrected chi connectivity index (χ4v) is 4.50. The van der Waals surface area contributed by atoms with Crippen LogP contribution in [0, 0.1) is 33.9 Å². The summed E-state index contributed by atoms with van der Waals surface area (Å²) in [6.45, 7) is 10.3. The second-order valence-corrected chi connectivity index (χ2v) is 9.94. The van der Waals surface area contributed by atoms with E-state index >= 15 is 0 Å². The van der Waals surface area contributed by atoms with Gasteiger partial charge in [0.1, 0.15) is 11.9 Å². The molecule has 0 unspecified atom stereocenters. The number of nitrogens with one attached hydrogen (secondary N) is 2. The Bertz CT molecular complexity index is 788. The van der Waals surface area contributed by atoms with Crippen molar-refractivity contribution in [3.05, 3.63) is 46.8 Å². The van der Waals surface area contributed by atoms with Crippen molar-refractivity contribution in [2.75, 3.05) is 19.6 Å². The van der Waals surface area contributed by atoms with Gasteiger partial charge in [-0.05, 0) is 67.3 Å². The van der Waals surface area contributed by atoms with E-state index in [1.165, 1.54) is 36.8 Å². The van der Waals surface area contributed by atoms with Gasteiger partial charge in [-0.3, -0.25) is 5.41 Å². The quantitative estimate of drug-likeness (QED) is 0.469. The zero-order chi connectivity index (χ0) is 21.2. The van der Waals surface area contributed by atoms with Crippen LogP contribution < -0.4 is 0 Å². The summed E-state index contributed by atoms with van der Waals surface area (Å²) in [5.74, 6) is 0.905. The molecule has 1 aromatic rings. The van der Waals surface area contributed by atoms with Crippen molar-refractivity contribution in [3.8, 4) is 0 Å². The third-order valence-electron chi connectivity index (χ3n) is 5.87. The van der Waals surface area contributed by atoms with Gasteiger partial charge in [0.05, 0.1) is 10.7 Å². The average molecular weight is 420 g/mol. The normalized spacial score (nSPS) is 24.8. The van der Waals surface area contributed by atoms with Crippen LogP contribution in [0.15, 0.2) is 30.4 Å². The molecule has 0 amide bonds. The number of rotatable bonds is 6. The Labute approximate surface area is 178 Å². The molecule has 0 radical (unpaired) electrons. The van der Waals surface area contributed by atoms with Gasteiger partial charge in [-0.1, -0.05) is 32.4 Å². The van der Waals surface area contributed by atoms with E-state index in [2.05, 4.69) is 25.7 Å². The first kappa shape index (κ1) is 22.0. The molecule has 1 aromatic carbocycles.